The average molecular weight is 198 g/mol. The number of nitro groups is 1. The quantitative estimate of drug-likeness (QED) is 0.546. The van der Waals surface area contributed by atoms with Gasteiger partial charge in [-0.1, -0.05) is 0 Å². The van der Waals surface area contributed by atoms with Gasteiger partial charge in [-0.25, -0.2) is 0 Å². The number of hydrogen-bond acceptors (Lipinski definition) is 4. The maximum atomic E-state index is 10.7. The minimum atomic E-state index is -0.500. The summed E-state index contributed by atoms with van der Waals surface area (Å²) in [6.45, 7) is 7.38. The molecule has 0 atom stereocenters. The van der Waals surface area contributed by atoms with Crippen molar-refractivity contribution in [1.29, 1.82) is 0 Å². The summed E-state index contributed by atoms with van der Waals surface area (Å²) in [7, 11) is 0. The Balaban J connectivity index is 3.39. The Bertz CT molecular complexity index is 375. The van der Waals surface area contributed by atoms with Gasteiger partial charge in [-0.2, -0.15) is 0 Å². The second-order valence-corrected chi connectivity index (χ2v) is 4.16. The highest BCUT2D eigenvalue weighted by molar-refractivity contribution is 5.55. The standard InChI is InChI=1S/C8H14N4O2/c1-5-6(12(13)14)7(9)10-11(5)8(2,3)4/h1-4H3,(H2,9,10). The van der Waals surface area contributed by atoms with Crippen LogP contribution in [0.3, 0.4) is 0 Å². The second-order valence-electron chi connectivity index (χ2n) is 4.16. The van der Waals surface area contributed by atoms with Crippen LogP contribution >= 0.6 is 0 Å². The van der Waals surface area contributed by atoms with Gasteiger partial charge in [-0.05, 0) is 27.7 Å². The fourth-order valence-electron chi connectivity index (χ4n) is 1.39. The van der Waals surface area contributed by atoms with Crippen molar-refractivity contribution in [1.82, 2.24) is 9.78 Å². The first kappa shape index (κ1) is 10.5. The highest BCUT2D eigenvalue weighted by Crippen LogP contribution is 2.28. The van der Waals surface area contributed by atoms with E-state index in [0.717, 1.165) is 0 Å². The number of anilines is 1. The molecule has 14 heavy (non-hydrogen) atoms. The average Bonchev–Trinajstić information content (AvgIpc) is 2.24. The van der Waals surface area contributed by atoms with Gasteiger partial charge in [0.2, 0.25) is 5.82 Å². The lowest BCUT2D eigenvalue weighted by atomic mass is 10.1. The normalized spacial score (nSPS) is 11.7. The number of rotatable bonds is 1. The first-order valence-electron chi connectivity index (χ1n) is 4.25. The number of nitrogens with zero attached hydrogens (tertiary/aromatic N) is 3. The van der Waals surface area contributed by atoms with E-state index in [2.05, 4.69) is 5.10 Å². The molecule has 6 nitrogen and oxygen atoms in total. The SMILES string of the molecule is Cc1c([N+](=O)[O-])c(N)nn1C(C)(C)C. The van der Waals surface area contributed by atoms with Gasteiger partial charge in [0.05, 0.1) is 10.5 Å². The third-order valence-corrected chi connectivity index (χ3v) is 1.93. The summed E-state index contributed by atoms with van der Waals surface area (Å²) >= 11 is 0. The van der Waals surface area contributed by atoms with Crippen molar-refractivity contribution in [3.05, 3.63) is 15.8 Å². The van der Waals surface area contributed by atoms with E-state index >= 15 is 0 Å². The molecule has 1 heterocycles. The maximum absolute atomic E-state index is 10.7. The lowest BCUT2D eigenvalue weighted by Gasteiger charge is -2.20. The Morgan fingerprint density at radius 3 is 2.21 bits per heavy atom. The van der Waals surface area contributed by atoms with Crippen LogP contribution in [0.5, 0.6) is 0 Å². The van der Waals surface area contributed by atoms with Crippen molar-refractivity contribution < 1.29 is 4.92 Å². The molecule has 0 spiro atoms. The first-order chi connectivity index (χ1) is 6.25. The molecule has 1 aromatic rings. The maximum Gasteiger partial charge on any atom is 0.333 e. The Kier molecular flexibility index (Phi) is 2.22. The molecule has 0 saturated carbocycles. The number of nitrogens with two attached hydrogens (primary N) is 1. The van der Waals surface area contributed by atoms with E-state index in [0.29, 0.717) is 5.69 Å². The first-order valence-corrected chi connectivity index (χ1v) is 4.25. The smallest absolute Gasteiger partial charge is 0.333 e. The van der Waals surface area contributed by atoms with Crippen LogP contribution in [0.25, 0.3) is 0 Å². The van der Waals surface area contributed by atoms with E-state index in [1.54, 1.807) is 11.6 Å². The summed E-state index contributed by atoms with van der Waals surface area (Å²) in [5.74, 6) is -0.0255. The topological polar surface area (TPSA) is 87.0 Å². The van der Waals surface area contributed by atoms with Crippen LogP contribution < -0.4 is 5.73 Å². The van der Waals surface area contributed by atoms with Crippen molar-refractivity contribution in [2.45, 2.75) is 33.2 Å². The van der Waals surface area contributed by atoms with E-state index in [1.807, 2.05) is 20.8 Å². The molecule has 0 radical (unpaired) electrons. The minimum Gasteiger partial charge on any atom is -0.376 e. The molecule has 0 fully saturated rings. The summed E-state index contributed by atoms with van der Waals surface area (Å²) in [4.78, 5) is 10.2. The zero-order valence-corrected chi connectivity index (χ0v) is 8.74. The van der Waals surface area contributed by atoms with Crippen LogP contribution in [0.4, 0.5) is 11.5 Å². The van der Waals surface area contributed by atoms with E-state index in [4.69, 9.17) is 5.73 Å². The summed E-state index contributed by atoms with van der Waals surface area (Å²) in [6, 6.07) is 0. The molecule has 2 N–H and O–H groups in total. The van der Waals surface area contributed by atoms with Gasteiger partial charge in [0.25, 0.3) is 0 Å². The zero-order chi connectivity index (χ0) is 11.1. The Labute approximate surface area is 81.9 Å². The van der Waals surface area contributed by atoms with E-state index in [1.165, 1.54) is 0 Å². The fourth-order valence-corrected chi connectivity index (χ4v) is 1.39. The zero-order valence-electron chi connectivity index (χ0n) is 8.74. The molecule has 78 valence electrons. The molecule has 0 bridgehead atoms. The molecule has 0 saturated heterocycles. The molecule has 0 aromatic carbocycles. The van der Waals surface area contributed by atoms with Gasteiger partial charge in [0, 0.05) is 0 Å². The Hall–Kier alpha value is -1.59. The van der Waals surface area contributed by atoms with Gasteiger partial charge in [0.1, 0.15) is 5.69 Å². The Morgan fingerprint density at radius 2 is 2.00 bits per heavy atom. The summed E-state index contributed by atoms with van der Waals surface area (Å²) < 4.78 is 1.57. The van der Waals surface area contributed by atoms with Crippen molar-refractivity contribution in [2.75, 3.05) is 5.73 Å². The Morgan fingerprint density at radius 1 is 1.50 bits per heavy atom. The van der Waals surface area contributed by atoms with Gasteiger partial charge in [0.15, 0.2) is 0 Å². The van der Waals surface area contributed by atoms with Gasteiger partial charge in [-0.15, -0.1) is 5.10 Å². The summed E-state index contributed by atoms with van der Waals surface area (Å²) in [5.41, 5.74) is 5.56. The van der Waals surface area contributed by atoms with E-state index in [-0.39, 0.29) is 17.0 Å². The third kappa shape index (κ3) is 1.55. The van der Waals surface area contributed by atoms with Crippen LogP contribution in [-0.4, -0.2) is 14.7 Å². The molecule has 1 aromatic heterocycles. The monoisotopic (exact) mass is 198 g/mol. The molecular weight excluding hydrogens is 184 g/mol. The minimum absolute atomic E-state index is 0.0255. The van der Waals surface area contributed by atoms with Gasteiger partial charge >= 0.3 is 5.69 Å². The molecule has 0 aliphatic heterocycles. The van der Waals surface area contributed by atoms with Crippen molar-refractivity contribution in [3.8, 4) is 0 Å². The van der Waals surface area contributed by atoms with Gasteiger partial charge in [-0.3, -0.25) is 14.8 Å². The van der Waals surface area contributed by atoms with Crippen LogP contribution in [0, 0.1) is 17.0 Å². The molecule has 0 aliphatic carbocycles. The lowest BCUT2D eigenvalue weighted by molar-refractivity contribution is -0.384. The third-order valence-electron chi connectivity index (χ3n) is 1.93. The highest BCUT2D eigenvalue weighted by Gasteiger charge is 2.27. The number of hydrogen-bond donors (Lipinski definition) is 1. The largest absolute Gasteiger partial charge is 0.376 e. The molecule has 0 aliphatic rings. The molecule has 0 unspecified atom stereocenters. The molecule has 1 rings (SSSR count). The van der Waals surface area contributed by atoms with Crippen LogP contribution in [0.2, 0.25) is 0 Å². The lowest BCUT2D eigenvalue weighted by Crippen LogP contribution is -2.24. The number of nitrogen functional groups attached to an aromatic ring is 1. The number of aromatic nitrogens is 2. The predicted molar refractivity (Wildman–Crippen MR) is 53.0 cm³/mol. The van der Waals surface area contributed by atoms with Crippen molar-refractivity contribution in [2.24, 2.45) is 0 Å². The fraction of sp³-hybridized carbons (Fsp3) is 0.625. The van der Waals surface area contributed by atoms with Crippen molar-refractivity contribution >= 4 is 11.5 Å². The van der Waals surface area contributed by atoms with Crippen LogP contribution in [-0.2, 0) is 5.54 Å². The highest BCUT2D eigenvalue weighted by atomic mass is 16.6. The van der Waals surface area contributed by atoms with E-state index in [9.17, 15) is 10.1 Å². The van der Waals surface area contributed by atoms with Crippen LogP contribution in [0.1, 0.15) is 26.5 Å². The van der Waals surface area contributed by atoms with Crippen molar-refractivity contribution in [3.63, 3.8) is 0 Å². The predicted octanol–water partition coefficient (Wildman–Crippen LogP) is 1.44. The van der Waals surface area contributed by atoms with E-state index < -0.39 is 4.92 Å². The molecule has 6 heteroatoms. The van der Waals surface area contributed by atoms with Gasteiger partial charge < -0.3 is 5.73 Å². The summed E-state index contributed by atoms with van der Waals surface area (Å²) in [6.07, 6.45) is 0. The second kappa shape index (κ2) is 2.97. The van der Waals surface area contributed by atoms with Crippen LogP contribution in [0.15, 0.2) is 0 Å². The molecular formula is C8H14N4O2. The molecule has 0 amide bonds. The summed E-state index contributed by atoms with van der Waals surface area (Å²) in [5, 5.41) is 14.6.